The molecule has 1 aromatic rings. The predicted octanol–water partition coefficient (Wildman–Crippen LogP) is 1.25. The second-order valence-corrected chi connectivity index (χ2v) is 5.50. The Hall–Kier alpha value is -1.42. The van der Waals surface area contributed by atoms with Gasteiger partial charge in [-0.2, -0.15) is 13.2 Å². The number of nitrogens with zero attached hydrogens (tertiary/aromatic N) is 2. The topological polar surface area (TPSA) is 90.1 Å². The molecule has 0 aromatic carbocycles. The van der Waals surface area contributed by atoms with Gasteiger partial charge in [0.2, 0.25) is 16.0 Å². The van der Waals surface area contributed by atoms with Gasteiger partial charge in [0.15, 0.2) is 0 Å². The van der Waals surface area contributed by atoms with E-state index in [2.05, 4.69) is 15.5 Å². The second kappa shape index (κ2) is 5.52. The summed E-state index contributed by atoms with van der Waals surface area (Å²) in [4.78, 5) is 11.6. The van der Waals surface area contributed by atoms with E-state index >= 15 is 0 Å². The van der Waals surface area contributed by atoms with Crippen molar-refractivity contribution in [1.29, 1.82) is 0 Å². The molecule has 0 radical (unpaired) electrons. The number of hydrogen-bond acceptors (Lipinski definition) is 6. The number of alkyl halides is 3. The minimum Gasteiger partial charge on any atom is -0.381 e. The van der Waals surface area contributed by atoms with Crippen molar-refractivity contribution in [2.24, 2.45) is 11.1 Å². The van der Waals surface area contributed by atoms with Crippen LogP contribution in [0.4, 0.5) is 18.3 Å². The Morgan fingerprint density at radius 3 is 2.55 bits per heavy atom. The number of carbonyl (C=O) groups excluding carboxylic acids is 1. The molecule has 1 aliphatic heterocycles. The summed E-state index contributed by atoms with van der Waals surface area (Å²) in [5, 5.41) is 8.18. The largest absolute Gasteiger partial charge is 0.445 e. The number of primary amides is 1. The van der Waals surface area contributed by atoms with E-state index in [-0.39, 0.29) is 11.7 Å². The molecule has 112 valence electrons. The number of rotatable bonds is 4. The molecule has 1 aromatic heterocycles. The lowest BCUT2D eigenvalue weighted by molar-refractivity contribution is -0.138. The monoisotopic (exact) mass is 310 g/mol. The highest BCUT2D eigenvalue weighted by Crippen LogP contribution is 2.34. The van der Waals surface area contributed by atoms with E-state index in [1.807, 2.05) is 0 Å². The molecule has 1 saturated heterocycles. The minimum absolute atomic E-state index is 0.0180. The molecule has 2 rings (SSSR count). The first kappa shape index (κ1) is 15.0. The summed E-state index contributed by atoms with van der Waals surface area (Å²) in [5.74, 6) is -0.492. The standard InChI is InChI=1S/C10H13F3N4O2S/c11-10(12,13)7-16-17-8(20-7)15-5-9(6(14)18)1-3-19-4-2-9/h1-5H2,(H2,14,18)(H,15,17). The van der Waals surface area contributed by atoms with Gasteiger partial charge in [-0.05, 0) is 12.8 Å². The maximum Gasteiger partial charge on any atom is 0.445 e. The predicted molar refractivity (Wildman–Crippen MR) is 65.1 cm³/mol. The van der Waals surface area contributed by atoms with Crippen LogP contribution in [0.2, 0.25) is 0 Å². The lowest BCUT2D eigenvalue weighted by atomic mass is 9.79. The Morgan fingerprint density at radius 1 is 1.40 bits per heavy atom. The molecule has 0 saturated carbocycles. The summed E-state index contributed by atoms with van der Waals surface area (Å²) >= 11 is 0.397. The van der Waals surface area contributed by atoms with Crippen molar-refractivity contribution in [1.82, 2.24) is 10.2 Å². The number of nitrogens with one attached hydrogen (secondary N) is 1. The molecule has 1 fully saturated rings. The highest BCUT2D eigenvalue weighted by Gasteiger charge is 2.39. The number of halogens is 3. The fraction of sp³-hybridized carbons (Fsp3) is 0.700. The third-order valence-corrected chi connectivity index (χ3v) is 4.14. The summed E-state index contributed by atoms with van der Waals surface area (Å²) < 4.78 is 42.3. The molecule has 0 unspecified atom stereocenters. The van der Waals surface area contributed by atoms with Crippen molar-refractivity contribution in [3.05, 3.63) is 5.01 Å². The van der Waals surface area contributed by atoms with Gasteiger partial charge in [-0.1, -0.05) is 11.3 Å². The van der Waals surface area contributed by atoms with Crippen molar-refractivity contribution < 1.29 is 22.7 Å². The summed E-state index contributed by atoms with van der Waals surface area (Å²) in [5.41, 5.74) is 4.58. The van der Waals surface area contributed by atoms with Gasteiger partial charge in [-0.25, -0.2) is 0 Å². The lowest BCUT2D eigenvalue weighted by Crippen LogP contribution is -2.46. The van der Waals surface area contributed by atoms with Crippen LogP contribution in [0.25, 0.3) is 0 Å². The smallest absolute Gasteiger partial charge is 0.381 e. The molecule has 0 aliphatic carbocycles. The van der Waals surface area contributed by atoms with Gasteiger partial charge in [0.25, 0.3) is 0 Å². The molecule has 0 spiro atoms. The fourth-order valence-electron chi connectivity index (χ4n) is 1.93. The van der Waals surface area contributed by atoms with Crippen LogP contribution in [0.15, 0.2) is 0 Å². The van der Waals surface area contributed by atoms with Gasteiger partial charge in [0.05, 0.1) is 5.41 Å². The fourth-order valence-corrected chi connectivity index (χ4v) is 2.53. The van der Waals surface area contributed by atoms with Crippen LogP contribution in [-0.4, -0.2) is 35.9 Å². The molecule has 0 bridgehead atoms. The quantitative estimate of drug-likeness (QED) is 0.873. The highest BCUT2D eigenvalue weighted by atomic mass is 32.1. The molecule has 20 heavy (non-hydrogen) atoms. The van der Waals surface area contributed by atoms with Gasteiger partial charge < -0.3 is 15.8 Å². The summed E-state index contributed by atoms with van der Waals surface area (Å²) in [7, 11) is 0. The molecule has 0 atom stereocenters. The van der Waals surface area contributed by atoms with Gasteiger partial charge in [0, 0.05) is 19.8 Å². The number of ether oxygens (including phenoxy) is 1. The van der Waals surface area contributed by atoms with E-state index in [0.29, 0.717) is 37.4 Å². The van der Waals surface area contributed by atoms with Gasteiger partial charge in [-0.3, -0.25) is 4.79 Å². The molecule has 1 amide bonds. The number of carbonyl (C=O) groups is 1. The van der Waals surface area contributed by atoms with Crippen molar-refractivity contribution >= 4 is 22.4 Å². The zero-order chi connectivity index (χ0) is 14.8. The Kier molecular flexibility index (Phi) is 4.14. The van der Waals surface area contributed by atoms with Crippen molar-refractivity contribution in [3.8, 4) is 0 Å². The van der Waals surface area contributed by atoms with E-state index in [1.54, 1.807) is 0 Å². The van der Waals surface area contributed by atoms with E-state index in [9.17, 15) is 18.0 Å². The average molecular weight is 310 g/mol. The lowest BCUT2D eigenvalue weighted by Gasteiger charge is -2.34. The Morgan fingerprint density at radius 2 is 2.05 bits per heavy atom. The number of nitrogens with two attached hydrogens (primary N) is 1. The average Bonchev–Trinajstić information content (AvgIpc) is 2.86. The summed E-state index contributed by atoms with van der Waals surface area (Å²) in [6.45, 7) is 0.918. The zero-order valence-electron chi connectivity index (χ0n) is 10.4. The van der Waals surface area contributed by atoms with E-state index in [0.717, 1.165) is 0 Å². The van der Waals surface area contributed by atoms with Crippen LogP contribution in [0.5, 0.6) is 0 Å². The summed E-state index contributed by atoms with van der Waals surface area (Å²) in [6.07, 6.45) is -3.65. The van der Waals surface area contributed by atoms with Gasteiger partial charge in [-0.15, -0.1) is 10.2 Å². The maximum absolute atomic E-state index is 12.4. The molecule has 10 heteroatoms. The number of anilines is 1. The third-order valence-electron chi connectivity index (χ3n) is 3.22. The van der Waals surface area contributed by atoms with Crippen LogP contribution in [0.1, 0.15) is 17.8 Å². The van der Waals surface area contributed by atoms with Crippen LogP contribution in [0, 0.1) is 5.41 Å². The number of amides is 1. The Bertz CT molecular complexity index is 485. The first-order valence-corrected chi connectivity index (χ1v) is 6.67. The van der Waals surface area contributed by atoms with Crippen LogP contribution in [-0.2, 0) is 15.7 Å². The van der Waals surface area contributed by atoms with Gasteiger partial charge >= 0.3 is 6.18 Å². The van der Waals surface area contributed by atoms with Crippen LogP contribution in [0.3, 0.4) is 0 Å². The van der Waals surface area contributed by atoms with Crippen LogP contribution >= 0.6 is 11.3 Å². The number of aromatic nitrogens is 2. The van der Waals surface area contributed by atoms with E-state index in [1.165, 1.54) is 0 Å². The molecule has 2 heterocycles. The molecular formula is C10H13F3N4O2S. The minimum atomic E-state index is -4.52. The Balaban J connectivity index is 2.03. The molecule has 3 N–H and O–H groups in total. The van der Waals surface area contributed by atoms with Crippen molar-refractivity contribution in [2.75, 3.05) is 25.1 Å². The Labute approximate surface area is 116 Å². The third kappa shape index (κ3) is 3.18. The normalized spacial score (nSPS) is 18.8. The van der Waals surface area contributed by atoms with Crippen molar-refractivity contribution in [3.63, 3.8) is 0 Å². The van der Waals surface area contributed by atoms with Crippen molar-refractivity contribution in [2.45, 2.75) is 19.0 Å². The highest BCUT2D eigenvalue weighted by molar-refractivity contribution is 7.15. The maximum atomic E-state index is 12.4. The zero-order valence-corrected chi connectivity index (χ0v) is 11.2. The van der Waals surface area contributed by atoms with E-state index in [4.69, 9.17) is 10.5 Å². The van der Waals surface area contributed by atoms with Gasteiger partial charge in [0.1, 0.15) is 0 Å². The SMILES string of the molecule is NC(=O)C1(CNc2nnc(C(F)(F)F)s2)CCOCC1. The van der Waals surface area contributed by atoms with E-state index < -0.39 is 22.5 Å². The van der Waals surface area contributed by atoms with Crippen LogP contribution < -0.4 is 11.1 Å². The molecule has 6 nitrogen and oxygen atoms in total. The first-order chi connectivity index (χ1) is 9.33. The first-order valence-electron chi connectivity index (χ1n) is 5.86. The molecule has 1 aliphatic rings. The summed E-state index contributed by atoms with van der Waals surface area (Å²) in [6, 6.07) is 0. The molecular weight excluding hydrogens is 297 g/mol. The second-order valence-electron chi connectivity index (χ2n) is 4.52. The number of hydrogen-bond donors (Lipinski definition) is 2.